The van der Waals surface area contributed by atoms with Crippen LogP contribution < -0.4 is 15.4 Å². The Kier molecular flexibility index (Phi) is 10.6. The second-order valence-corrected chi connectivity index (χ2v) is 7.45. The van der Waals surface area contributed by atoms with Gasteiger partial charge in [-0.05, 0) is 30.4 Å². The van der Waals surface area contributed by atoms with Crippen molar-refractivity contribution in [3.8, 4) is 5.88 Å². The number of carbonyl (C=O) groups excluding carboxylic acids is 1. The van der Waals surface area contributed by atoms with Gasteiger partial charge in [-0.25, -0.2) is 4.98 Å². The maximum atomic E-state index is 11.6. The smallest absolute Gasteiger partial charge is 0.220 e. The van der Waals surface area contributed by atoms with Gasteiger partial charge in [0.05, 0.1) is 0 Å². The summed E-state index contributed by atoms with van der Waals surface area (Å²) in [6.45, 7) is 2.86. The summed E-state index contributed by atoms with van der Waals surface area (Å²) < 4.78 is 5.95. The minimum atomic E-state index is 0. The Hall–Kier alpha value is -2.36. The first-order valence-corrected chi connectivity index (χ1v) is 10.5. The van der Waals surface area contributed by atoms with Crippen LogP contribution in [0.3, 0.4) is 0 Å². The number of nitrogens with one attached hydrogen (secondary N) is 2. The molecule has 1 aromatic carbocycles. The minimum Gasteiger partial charge on any atom is -0.473 e. The van der Waals surface area contributed by atoms with Crippen molar-refractivity contribution in [3.63, 3.8) is 0 Å². The molecular weight excluding hydrogens is 505 g/mol. The average Bonchev–Trinajstić information content (AvgIpc) is 2.80. The molecule has 7 nitrogen and oxygen atoms in total. The number of aliphatic imine (C=N–C) groups is 1. The topological polar surface area (TPSA) is 78.9 Å². The van der Waals surface area contributed by atoms with Gasteiger partial charge in [0, 0.05) is 51.9 Å². The first-order chi connectivity index (χ1) is 14.7. The minimum absolute atomic E-state index is 0. The van der Waals surface area contributed by atoms with Crippen LogP contribution in [0.1, 0.15) is 30.4 Å². The summed E-state index contributed by atoms with van der Waals surface area (Å²) in [6, 6.07) is 14.0. The lowest BCUT2D eigenvalue weighted by molar-refractivity contribution is -0.121. The number of nitrogens with zero attached hydrogens (tertiary/aromatic N) is 3. The number of hydrogen-bond acceptors (Lipinski definition) is 4. The van der Waals surface area contributed by atoms with Crippen LogP contribution in [0.25, 0.3) is 0 Å². The van der Waals surface area contributed by atoms with E-state index in [4.69, 9.17) is 4.74 Å². The van der Waals surface area contributed by atoms with Crippen LogP contribution >= 0.6 is 24.0 Å². The molecule has 1 amide bonds. The van der Waals surface area contributed by atoms with Gasteiger partial charge in [0.25, 0.3) is 0 Å². The van der Waals surface area contributed by atoms with E-state index in [1.807, 2.05) is 42.5 Å². The van der Waals surface area contributed by atoms with Crippen molar-refractivity contribution in [2.24, 2.45) is 10.9 Å². The summed E-state index contributed by atoms with van der Waals surface area (Å²) in [6.07, 6.45) is 4.34. The van der Waals surface area contributed by atoms with Gasteiger partial charge < -0.3 is 20.3 Å². The highest BCUT2D eigenvalue weighted by Crippen LogP contribution is 2.21. The maximum Gasteiger partial charge on any atom is 0.220 e. The molecule has 0 unspecified atom stereocenters. The Morgan fingerprint density at radius 2 is 1.94 bits per heavy atom. The third kappa shape index (κ3) is 7.68. The lowest BCUT2D eigenvalue weighted by Gasteiger charge is -2.34. The molecule has 0 saturated carbocycles. The van der Waals surface area contributed by atoms with E-state index < -0.39 is 0 Å². The highest BCUT2D eigenvalue weighted by molar-refractivity contribution is 14.0. The number of hydrogen-bond donors (Lipinski definition) is 2. The first-order valence-electron chi connectivity index (χ1n) is 10.5. The largest absolute Gasteiger partial charge is 0.473 e. The normalized spacial score (nSPS) is 14.5. The third-order valence-electron chi connectivity index (χ3n) is 5.38. The molecule has 1 fully saturated rings. The third-order valence-corrected chi connectivity index (χ3v) is 5.38. The van der Waals surface area contributed by atoms with Crippen molar-refractivity contribution in [2.75, 3.05) is 27.2 Å². The molecule has 2 N–H and O–H groups in total. The monoisotopic (exact) mass is 537 g/mol. The van der Waals surface area contributed by atoms with E-state index in [0.717, 1.165) is 43.0 Å². The van der Waals surface area contributed by atoms with Gasteiger partial charge in [0.2, 0.25) is 11.8 Å². The van der Waals surface area contributed by atoms with Crippen molar-refractivity contribution in [2.45, 2.75) is 32.4 Å². The lowest BCUT2D eigenvalue weighted by atomic mass is 9.93. The van der Waals surface area contributed by atoms with E-state index in [1.54, 1.807) is 20.3 Å². The molecule has 1 aliphatic heterocycles. The fraction of sp³-hybridized carbons (Fsp3) is 0.435. The summed E-state index contributed by atoms with van der Waals surface area (Å²) in [7, 11) is 3.49. The molecule has 0 spiro atoms. The molecule has 31 heavy (non-hydrogen) atoms. The quantitative estimate of drug-likeness (QED) is 0.322. The zero-order valence-corrected chi connectivity index (χ0v) is 20.5. The lowest BCUT2D eigenvalue weighted by Crippen LogP contribution is -2.45. The Balaban J connectivity index is 0.00000341. The SMILES string of the molecule is CN=C(NCc1cccnc1OCc1ccccc1)N1CCC(CC(=O)NC)CC1.I. The van der Waals surface area contributed by atoms with Crippen LogP contribution in [-0.4, -0.2) is 48.9 Å². The number of amides is 1. The molecule has 168 valence electrons. The highest BCUT2D eigenvalue weighted by Gasteiger charge is 2.23. The fourth-order valence-electron chi connectivity index (χ4n) is 3.63. The van der Waals surface area contributed by atoms with Crippen molar-refractivity contribution in [1.82, 2.24) is 20.5 Å². The van der Waals surface area contributed by atoms with Gasteiger partial charge in [-0.15, -0.1) is 24.0 Å². The summed E-state index contributed by atoms with van der Waals surface area (Å²) in [5.41, 5.74) is 2.10. The molecule has 2 aromatic rings. The van der Waals surface area contributed by atoms with Crippen LogP contribution in [0.4, 0.5) is 0 Å². The zero-order chi connectivity index (χ0) is 21.2. The maximum absolute atomic E-state index is 11.6. The van der Waals surface area contributed by atoms with E-state index >= 15 is 0 Å². The second-order valence-electron chi connectivity index (χ2n) is 7.45. The molecule has 1 saturated heterocycles. The Morgan fingerprint density at radius 1 is 1.19 bits per heavy atom. The standard InChI is InChI=1S/C23H31N5O2.HI/c1-24-21(29)15-18-10-13-28(14-11-18)23(25-2)27-16-20-9-6-12-26-22(20)30-17-19-7-4-3-5-8-19;/h3-9,12,18H,10-11,13-17H2,1-2H3,(H,24,29)(H,25,27);1H. The van der Waals surface area contributed by atoms with Crippen LogP contribution in [0.15, 0.2) is 53.7 Å². The summed E-state index contributed by atoms with van der Waals surface area (Å²) in [4.78, 5) is 22.7. The molecule has 0 bridgehead atoms. The van der Waals surface area contributed by atoms with Gasteiger partial charge >= 0.3 is 0 Å². The predicted octanol–water partition coefficient (Wildman–Crippen LogP) is 3.20. The number of guanidine groups is 1. The van der Waals surface area contributed by atoms with E-state index in [0.29, 0.717) is 31.4 Å². The number of rotatable bonds is 7. The van der Waals surface area contributed by atoms with Crippen molar-refractivity contribution < 1.29 is 9.53 Å². The van der Waals surface area contributed by atoms with E-state index in [9.17, 15) is 4.79 Å². The van der Waals surface area contributed by atoms with Crippen LogP contribution in [0.5, 0.6) is 5.88 Å². The van der Waals surface area contributed by atoms with Crippen molar-refractivity contribution in [1.29, 1.82) is 0 Å². The Bertz CT molecular complexity index is 839. The number of piperidine rings is 1. The average molecular weight is 537 g/mol. The van der Waals surface area contributed by atoms with Crippen LogP contribution in [-0.2, 0) is 17.9 Å². The van der Waals surface area contributed by atoms with Gasteiger partial charge in [-0.2, -0.15) is 0 Å². The van der Waals surface area contributed by atoms with Gasteiger partial charge in [0.15, 0.2) is 5.96 Å². The van der Waals surface area contributed by atoms with Gasteiger partial charge in [-0.1, -0.05) is 36.4 Å². The molecule has 0 aliphatic carbocycles. The van der Waals surface area contributed by atoms with E-state index in [-0.39, 0.29) is 29.9 Å². The number of pyridine rings is 1. The summed E-state index contributed by atoms with van der Waals surface area (Å²) in [5.74, 6) is 2.06. The molecule has 2 heterocycles. The number of benzene rings is 1. The van der Waals surface area contributed by atoms with E-state index in [1.165, 1.54) is 0 Å². The molecule has 0 radical (unpaired) electrons. The molecule has 0 atom stereocenters. The number of ether oxygens (including phenoxy) is 1. The molecule has 8 heteroatoms. The zero-order valence-electron chi connectivity index (χ0n) is 18.2. The van der Waals surface area contributed by atoms with Crippen molar-refractivity contribution >= 4 is 35.8 Å². The molecular formula is C23H32IN5O2. The fourth-order valence-corrected chi connectivity index (χ4v) is 3.63. The summed E-state index contributed by atoms with van der Waals surface area (Å²) in [5, 5.41) is 6.15. The van der Waals surface area contributed by atoms with Crippen LogP contribution in [0.2, 0.25) is 0 Å². The number of aromatic nitrogens is 1. The van der Waals surface area contributed by atoms with E-state index in [2.05, 4.69) is 25.5 Å². The molecule has 1 aliphatic rings. The predicted molar refractivity (Wildman–Crippen MR) is 134 cm³/mol. The highest BCUT2D eigenvalue weighted by atomic mass is 127. The number of carbonyl (C=O) groups is 1. The first kappa shape index (κ1) is 24.9. The number of halogens is 1. The summed E-state index contributed by atoms with van der Waals surface area (Å²) >= 11 is 0. The van der Waals surface area contributed by atoms with Crippen molar-refractivity contribution in [3.05, 3.63) is 59.8 Å². The Morgan fingerprint density at radius 3 is 2.61 bits per heavy atom. The van der Waals surface area contributed by atoms with Gasteiger partial charge in [0.1, 0.15) is 6.61 Å². The van der Waals surface area contributed by atoms with Crippen LogP contribution in [0, 0.1) is 5.92 Å². The Labute approximate surface area is 201 Å². The molecule has 1 aromatic heterocycles. The molecule has 3 rings (SSSR count). The number of likely N-dealkylation sites (tertiary alicyclic amines) is 1. The van der Waals surface area contributed by atoms with Gasteiger partial charge in [-0.3, -0.25) is 9.79 Å². The second kappa shape index (κ2) is 13.1.